The molecule has 39 heavy (non-hydrogen) atoms. The summed E-state index contributed by atoms with van der Waals surface area (Å²) < 4.78 is 31.7. The van der Waals surface area contributed by atoms with Crippen molar-refractivity contribution in [2.75, 3.05) is 32.7 Å². The number of carboxylic acid groups (broad SMARTS) is 1. The van der Waals surface area contributed by atoms with Gasteiger partial charge in [0.2, 0.25) is 5.91 Å². The van der Waals surface area contributed by atoms with Crippen LogP contribution >= 0.6 is 11.6 Å². The van der Waals surface area contributed by atoms with Gasteiger partial charge in [0.25, 0.3) is 0 Å². The molecule has 5 nitrogen and oxygen atoms in total. The van der Waals surface area contributed by atoms with Gasteiger partial charge >= 0.3 is 12.1 Å². The molecule has 1 N–H and O–H groups in total. The van der Waals surface area contributed by atoms with Crippen molar-refractivity contribution < 1.29 is 27.9 Å². The summed E-state index contributed by atoms with van der Waals surface area (Å²) in [5.41, 5.74) is 4.04. The molecular formula is C30H30ClF3N2O3. The summed E-state index contributed by atoms with van der Waals surface area (Å²) in [6, 6.07) is 29.2. The van der Waals surface area contributed by atoms with Crippen molar-refractivity contribution >= 4 is 23.5 Å². The number of rotatable bonds is 6. The fourth-order valence-electron chi connectivity index (χ4n) is 5.36. The van der Waals surface area contributed by atoms with Gasteiger partial charge in [-0.25, -0.2) is 4.79 Å². The number of nitrogens with zero attached hydrogens (tertiary/aromatic N) is 2. The molecule has 2 aliphatic heterocycles. The van der Waals surface area contributed by atoms with Crippen LogP contribution in [-0.2, 0) is 16.0 Å². The highest BCUT2D eigenvalue weighted by Crippen LogP contribution is 2.41. The van der Waals surface area contributed by atoms with Gasteiger partial charge in [0.1, 0.15) is 0 Å². The van der Waals surface area contributed by atoms with E-state index < -0.39 is 12.1 Å². The molecule has 0 radical (unpaired) electrons. The van der Waals surface area contributed by atoms with E-state index in [0.717, 1.165) is 44.7 Å². The Morgan fingerprint density at radius 2 is 1.38 bits per heavy atom. The fraction of sp³-hybridized carbons (Fsp3) is 0.333. The standard InChI is InChI=1S/C28H29ClN2O.C2HF3O2/c29-25-13-11-22(12-14-25)17-27(32)31-16-15-28(21-31)19-30(20-28)18-26(23-7-3-1-4-8-23)24-9-5-2-6-10-24;3-2(4,5)1(6)7/h1-14,26H,15-21H2;(H,6,7). The van der Waals surface area contributed by atoms with E-state index in [4.69, 9.17) is 21.5 Å². The number of alkyl halides is 3. The van der Waals surface area contributed by atoms with Gasteiger partial charge in [0, 0.05) is 49.1 Å². The smallest absolute Gasteiger partial charge is 0.475 e. The van der Waals surface area contributed by atoms with Crippen molar-refractivity contribution in [2.45, 2.75) is 24.9 Å². The lowest BCUT2D eigenvalue weighted by Crippen LogP contribution is -2.58. The number of carboxylic acids is 1. The highest BCUT2D eigenvalue weighted by Gasteiger charge is 2.48. The Kier molecular flexibility index (Phi) is 8.97. The maximum atomic E-state index is 12.8. The Balaban J connectivity index is 0.000000448. The Hall–Kier alpha value is -3.36. The molecule has 2 fully saturated rings. The molecule has 2 saturated heterocycles. The Labute approximate surface area is 230 Å². The summed E-state index contributed by atoms with van der Waals surface area (Å²) in [6.45, 7) is 4.94. The molecule has 0 bridgehead atoms. The molecule has 2 heterocycles. The number of carbonyl (C=O) groups excluding carboxylic acids is 1. The number of aliphatic carboxylic acids is 1. The van der Waals surface area contributed by atoms with Gasteiger partial charge in [-0.2, -0.15) is 13.2 Å². The Morgan fingerprint density at radius 1 is 0.872 bits per heavy atom. The molecule has 0 unspecified atom stereocenters. The van der Waals surface area contributed by atoms with Crippen molar-refractivity contribution in [1.29, 1.82) is 0 Å². The van der Waals surface area contributed by atoms with Crippen molar-refractivity contribution in [1.82, 2.24) is 9.80 Å². The van der Waals surface area contributed by atoms with Crippen LogP contribution in [0, 0.1) is 5.41 Å². The van der Waals surface area contributed by atoms with E-state index in [0.29, 0.717) is 17.4 Å². The number of hydrogen-bond donors (Lipinski definition) is 1. The molecule has 9 heteroatoms. The number of carbonyl (C=O) groups is 2. The summed E-state index contributed by atoms with van der Waals surface area (Å²) >= 11 is 5.97. The first-order valence-corrected chi connectivity index (χ1v) is 13.1. The predicted molar refractivity (Wildman–Crippen MR) is 144 cm³/mol. The highest BCUT2D eigenvalue weighted by atomic mass is 35.5. The van der Waals surface area contributed by atoms with Crippen LogP contribution in [0.4, 0.5) is 13.2 Å². The average molecular weight is 559 g/mol. The highest BCUT2D eigenvalue weighted by molar-refractivity contribution is 6.30. The van der Waals surface area contributed by atoms with E-state index >= 15 is 0 Å². The van der Waals surface area contributed by atoms with Crippen molar-refractivity contribution in [3.05, 3.63) is 107 Å². The second-order valence-corrected chi connectivity index (χ2v) is 10.7. The maximum absolute atomic E-state index is 12.8. The van der Waals surface area contributed by atoms with Crippen molar-refractivity contribution in [3.8, 4) is 0 Å². The summed E-state index contributed by atoms with van der Waals surface area (Å²) in [5.74, 6) is -2.15. The zero-order valence-electron chi connectivity index (χ0n) is 21.3. The average Bonchev–Trinajstić information content (AvgIpc) is 3.35. The van der Waals surface area contributed by atoms with Crippen LogP contribution in [0.2, 0.25) is 5.02 Å². The van der Waals surface area contributed by atoms with Crippen molar-refractivity contribution in [2.24, 2.45) is 5.41 Å². The minimum absolute atomic E-state index is 0.231. The van der Waals surface area contributed by atoms with E-state index in [1.807, 2.05) is 24.3 Å². The van der Waals surface area contributed by atoms with Crippen LogP contribution in [0.15, 0.2) is 84.9 Å². The molecule has 206 valence electrons. The molecule has 1 spiro atoms. The third-order valence-corrected chi connectivity index (χ3v) is 7.52. The predicted octanol–water partition coefficient (Wildman–Crippen LogP) is 5.88. The monoisotopic (exact) mass is 558 g/mol. The third-order valence-electron chi connectivity index (χ3n) is 7.26. The Bertz CT molecular complexity index is 1210. The number of amides is 1. The van der Waals surface area contributed by atoms with Crippen LogP contribution in [0.25, 0.3) is 0 Å². The van der Waals surface area contributed by atoms with Gasteiger partial charge in [-0.15, -0.1) is 0 Å². The molecule has 0 saturated carbocycles. The minimum Gasteiger partial charge on any atom is -0.475 e. The lowest BCUT2D eigenvalue weighted by atomic mass is 9.77. The summed E-state index contributed by atoms with van der Waals surface area (Å²) in [5, 5.41) is 7.83. The SMILES string of the molecule is O=C(Cc1ccc(Cl)cc1)N1CCC2(CN(CC(c3ccccc3)c3ccccc3)C2)C1.O=C(O)C(F)(F)F. The van der Waals surface area contributed by atoms with Crippen LogP contribution in [-0.4, -0.2) is 65.7 Å². The quantitative estimate of drug-likeness (QED) is 0.410. The molecule has 0 atom stereocenters. The summed E-state index contributed by atoms with van der Waals surface area (Å²) in [7, 11) is 0. The molecule has 0 aliphatic carbocycles. The molecular weight excluding hydrogens is 529 g/mol. The first-order chi connectivity index (χ1) is 18.5. The van der Waals surface area contributed by atoms with E-state index in [-0.39, 0.29) is 11.3 Å². The molecule has 3 aromatic rings. The fourth-order valence-corrected chi connectivity index (χ4v) is 5.48. The summed E-state index contributed by atoms with van der Waals surface area (Å²) in [6.07, 6.45) is -3.52. The van der Waals surface area contributed by atoms with Gasteiger partial charge in [-0.05, 0) is 35.2 Å². The van der Waals surface area contributed by atoms with Gasteiger partial charge in [0.05, 0.1) is 6.42 Å². The van der Waals surface area contributed by atoms with Crippen LogP contribution < -0.4 is 0 Å². The first kappa shape index (κ1) is 28.6. The van der Waals surface area contributed by atoms with Gasteiger partial charge in [-0.3, -0.25) is 4.79 Å². The van der Waals surface area contributed by atoms with Crippen LogP contribution in [0.5, 0.6) is 0 Å². The van der Waals surface area contributed by atoms with E-state index in [1.165, 1.54) is 11.1 Å². The van der Waals surface area contributed by atoms with Gasteiger partial charge in [-0.1, -0.05) is 84.4 Å². The first-order valence-electron chi connectivity index (χ1n) is 12.7. The maximum Gasteiger partial charge on any atom is 0.490 e. The molecule has 2 aliphatic rings. The lowest BCUT2D eigenvalue weighted by molar-refractivity contribution is -0.192. The zero-order valence-corrected chi connectivity index (χ0v) is 22.0. The lowest BCUT2D eigenvalue weighted by Gasteiger charge is -2.49. The Morgan fingerprint density at radius 3 is 1.87 bits per heavy atom. The van der Waals surface area contributed by atoms with E-state index in [9.17, 15) is 18.0 Å². The number of likely N-dealkylation sites (tertiary alicyclic amines) is 2. The second-order valence-electron chi connectivity index (χ2n) is 10.2. The number of halogens is 4. The van der Waals surface area contributed by atoms with Crippen molar-refractivity contribution in [3.63, 3.8) is 0 Å². The normalized spacial score (nSPS) is 16.5. The van der Waals surface area contributed by atoms with Gasteiger partial charge < -0.3 is 14.9 Å². The van der Waals surface area contributed by atoms with E-state index in [1.54, 1.807) is 0 Å². The topological polar surface area (TPSA) is 60.9 Å². The second kappa shape index (κ2) is 12.2. The molecule has 0 aromatic heterocycles. The number of benzene rings is 3. The van der Waals surface area contributed by atoms with Crippen LogP contribution in [0.1, 0.15) is 29.0 Å². The zero-order chi connectivity index (χ0) is 28.0. The summed E-state index contributed by atoms with van der Waals surface area (Å²) in [4.78, 5) is 26.4. The molecule has 5 rings (SSSR count). The van der Waals surface area contributed by atoms with Gasteiger partial charge in [0.15, 0.2) is 0 Å². The van der Waals surface area contributed by atoms with Crippen LogP contribution in [0.3, 0.4) is 0 Å². The molecule has 3 aromatic carbocycles. The minimum atomic E-state index is -5.08. The third kappa shape index (κ3) is 7.61. The molecule has 1 amide bonds. The number of hydrogen-bond acceptors (Lipinski definition) is 3. The van der Waals surface area contributed by atoms with E-state index in [2.05, 4.69) is 70.5 Å². The largest absolute Gasteiger partial charge is 0.490 e.